The molecule has 1 amide bonds. The van der Waals surface area contributed by atoms with E-state index in [1.54, 1.807) is 30.5 Å². The first kappa shape index (κ1) is 20.3. The third-order valence-electron chi connectivity index (χ3n) is 4.99. The van der Waals surface area contributed by atoms with E-state index in [0.717, 1.165) is 11.4 Å². The lowest BCUT2D eigenvalue weighted by molar-refractivity contribution is -0.126. The fourth-order valence-electron chi connectivity index (χ4n) is 3.25. The number of sulfonamides is 1. The van der Waals surface area contributed by atoms with Gasteiger partial charge in [-0.2, -0.15) is 4.31 Å². The van der Waals surface area contributed by atoms with Gasteiger partial charge in [-0.05, 0) is 49.2 Å². The predicted octanol–water partition coefficient (Wildman–Crippen LogP) is 1.86. The van der Waals surface area contributed by atoms with Crippen molar-refractivity contribution in [1.29, 1.82) is 0 Å². The standard InChI is InChI=1S/C20H26N4O3S/c1-23(2)18-6-8-19(9-7-18)28(26,27)24-13-10-16(11-14-24)20(25)22-15-17-5-3-4-12-21-17/h3-9,12,16H,10-11,13-15H2,1-2H3,(H,22,25). The average molecular weight is 403 g/mol. The normalized spacial score (nSPS) is 15.9. The van der Waals surface area contributed by atoms with Crippen LogP contribution in [0.25, 0.3) is 0 Å². The Labute approximate surface area is 166 Å². The van der Waals surface area contributed by atoms with Crippen LogP contribution < -0.4 is 10.2 Å². The molecule has 150 valence electrons. The zero-order valence-corrected chi connectivity index (χ0v) is 17.0. The predicted molar refractivity (Wildman–Crippen MR) is 108 cm³/mol. The van der Waals surface area contributed by atoms with Crippen LogP contribution in [0, 0.1) is 5.92 Å². The van der Waals surface area contributed by atoms with Gasteiger partial charge in [-0.1, -0.05) is 6.07 Å². The number of rotatable bonds is 6. The minimum atomic E-state index is -3.54. The molecule has 0 spiro atoms. The molecule has 1 aromatic heterocycles. The van der Waals surface area contributed by atoms with Crippen LogP contribution in [0.5, 0.6) is 0 Å². The summed E-state index contributed by atoms with van der Waals surface area (Å²) in [4.78, 5) is 18.8. The zero-order valence-electron chi connectivity index (χ0n) is 16.2. The smallest absolute Gasteiger partial charge is 0.243 e. The van der Waals surface area contributed by atoms with Gasteiger partial charge in [0.05, 0.1) is 17.1 Å². The number of hydrogen-bond donors (Lipinski definition) is 1. The minimum absolute atomic E-state index is 0.0435. The molecule has 28 heavy (non-hydrogen) atoms. The van der Waals surface area contributed by atoms with Crippen molar-refractivity contribution in [2.45, 2.75) is 24.3 Å². The molecule has 0 unspecified atom stereocenters. The van der Waals surface area contributed by atoms with E-state index in [1.807, 2.05) is 37.2 Å². The Bertz CT molecular complexity index is 891. The monoisotopic (exact) mass is 402 g/mol. The summed E-state index contributed by atoms with van der Waals surface area (Å²) in [6.45, 7) is 1.08. The van der Waals surface area contributed by atoms with Crippen molar-refractivity contribution in [3.8, 4) is 0 Å². The molecular weight excluding hydrogens is 376 g/mol. The molecule has 2 heterocycles. The van der Waals surface area contributed by atoms with E-state index < -0.39 is 10.0 Å². The van der Waals surface area contributed by atoms with Crippen LogP contribution in [0.4, 0.5) is 5.69 Å². The van der Waals surface area contributed by atoms with Crippen molar-refractivity contribution in [1.82, 2.24) is 14.6 Å². The highest BCUT2D eigenvalue weighted by Gasteiger charge is 2.32. The van der Waals surface area contributed by atoms with Gasteiger partial charge in [-0.3, -0.25) is 9.78 Å². The van der Waals surface area contributed by atoms with Crippen molar-refractivity contribution < 1.29 is 13.2 Å². The summed E-state index contributed by atoms with van der Waals surface area (Å²) in [5.74, 6) is -0.218. The lowest BCUT2D eigenvalue weighted by Gasteiger charge is -2.30. The van der Waals surface area contributed by atoms with E-state index in [1.165, 1.54) is 4.31 Å². The van der Waals surface area contributed by atoms with Gasteiger partial charge in [-0.15, -0.1) is 0 Å². The number of nitrogens with one attached hydrogen (secondary N) is 1. The van der Waals surface area contributed by atoms with Crippen LogP contribution in [0.2, 0.25) is 0 Å². The molecule has 1 N–H and O–H groups in total. The Morgan fingerprint density at radius 1 is 1.14 bits per heavy atom. The molecule has 1 aromatic carbocycles. The zero-order chi connectivity index (χ0) is 20.1. The molecule has 0 aliphatic carbocycles. The Morgan fingerprint density at radius 3 is 2.39 bits per heavy atom. The van der Waals surface area contributed by atoms with E-state index in [2.05, 4.69) is 10.3 Å². The number of amides is 1. The molecule has 7 nitrogen and oxygen atoms in total. The fourth-order valence-corrected chi connectivity index (χ4v) is 4.72. The number of pyridine rings is 1. The highest BCUT2D eigenvalue weighted by atomic mass is 32.2. The molecule has 1 fully saturated rings. The molecule has 1 aliphatic rings. The summed E-state index contributed by atoms with van der Waals surface area (Å²) in [6, 6.07) is 12.4. The number of nitrogens with zero attached hydrogens (tertiary/aromatic N) is 3. The molecule has 2 aromatic rings. The highest BCUT2D eigenvalue weighted by molar-refractivity contribution is 7.89. The van der Waals surface area contributed by atoms with Crippen LogP contribution in [-0.4, -0.2) is 50.8 Å². The quantitative estimate of drug-likeness (QED) is 0.798. The highest BCUT2D eigenvalue weighted by Crippen LogP contribution is 2.25. The van der Waals surface area contributed by atoms with E-state index in [0.29, 0.717) is 32.5 Å². The Hall–Kier alpha value is -2.45. The Balaban J connectivity index is 1.55. The van der Waals surface area contributed by atoms with Gasteiger partial charge in [0.15, 0.2) is 0 Å². The van der Waals surface area contributed by atoms with Gasteiger partial charge in [0.1, 0.15) is 0 Å². The second-order valence-corrected chi connectivity index (χ2v) is 9.04. The Morgan fingerprint density at radius 2 is 1.82 bits per heavy atom. The maximum absolute atomic E-state index is 12.9. The lowest BCUT2D eigenvalue weighted by atomic mass is 9.97. The van der Waals surface area contributed by atoms with Crippen LogP contribution in [0.15, 0.2) is 53.6 Å². The number of carbonyl (C=O) groups is 1. The third kappa shape index (κ3) is 4.69. The van der Waals surface area contributed by atoms with Crippen LogP contribution >= 0.6 is 0 Å². The van der Waals surface area contributed by atoms with Gasteiger partial charge in [0.25, 0.3) is 0 Å². The van der Waals surface area contributed by atoms with Crippen LogP contribution in [0.1, 0.15) is 18.5 Å². The second-order valence-electron chi connectivity index (χ2n) is 7.11. The number of anilines is 1. The molecule has 0 radical (unpaired) electrons. The van der Waals surface area contributed by atoms with Gasteiger partial charge in [0.2, 0.25) is 15.9 Å². The molecule has 0 atom stereocenters. The maximum atomic E-state index is 12.9. The molecule has 0 saturated carbocycles. The maximum Gasteiger partial charge on any atom is 0.243 e. The number of piperidine rings is 1. The third-order valence-corrected chi connectivity index (χ3v) is 6.90. The first-order valence-corrected chi connectivity index (χ1v) is 10.8. The molecule has 1 saturated heterocycles. The summed E-state index contributed by atoms with van der Waals surface area (Å²) < 4.78 is 27.2. The number of carbonyl (C=O) groups excluding carboxylic acids is 1. The molecule has 1 aliphatic heterocycles. The minimum Gasteiger partial charge on any atom is -0.378 e. The summed E-state index contributed by atoms with van der Waals surface area (Å²) in [5.41, 5.74) is 1.75. The second kappa shape index (κ2) is 8.70. The van der Waals surface area contributed by atoms with Crippen molar-refractivity contribution >= 4 is 21.6 Å². The first-order valence-electron chi connectivity index (χ1n) is 9.33. The average Bonchev–Trinajstić information content (AvgIpc) is 2.73. The summed E-state index contributed by atoms with van der Waals surface area (Å²) in [7, 11) is 0.284. The molecule has 3 rings (SSSR count). The largest absolute Gasteiger partial charge is 0.378 e. The summed E-state index contributed by atoms with van der Waals surface area (Å²) in [5, 5.41) is 2.90. The van der Waals surface area contributed by atoms with Crippen LogP contribution in [-0.2, 0) is 21.4 Å². The molecule has 8 heteroatoms. The van der Waals surface area contributed by atoms with Crippen molar-refractivity contribution in [2.75, 3.05) is 32.1 Å². The first-order chi connectivity index (χ1) is 13.4. The van der Waals surface area contributed by atoms with Gasteiger partial charge < -0.3 is 10.2 Å². The lowest BCUT2D eigenvalue weighted by Crippen LogP contribution is -2.42. The Kier molecular flexibility index (Phi) is 6.31. The van der Waals surface area contributed by atoms with Gasteiger partial charge in [0, 0.05) is 45.0 Å². The van der Waals surface area contributed by atoms with Crippen molar-refractivity contribution in [3.63, 3.8) is 0 Å². The number of hydrogen-bond acceptors (Lipinski definition) is 5. The topological polar surface area (TPSA) is 82.6 Å². The number of benzene rings is 1. The summed E-state index contributed by atoms with van der Waals surface area (Å²) >= 11 is 0. The molecular formula is C20H26N4O3S. The van der Waals surface area contributed by atoms with Crippen LogP contribution in [0.3, 0.4) is 0 Å². The fraction of sp³-hybridized carbons (Fsp3) is 0.400. The van der Waals surface area contributed by atoms with E-state index in [4.69, 9.17) is 0 Å². The number of aromatic nitrogens is 1. The van der Waals surface area contributed by atoms with Crippen molar-refractivity contribution in [2.24, 2.45) is 5.92 Å². The van der Waals surface area contributed by atoms with E-state index in [-0.39, 0.29) is 16.7 Å². The van der Waals surface area contributed by atoms with Gasteiger partial charge in [-0.25, -0.2) is 8.42 Å². The van der Waals surface area contributed by atoms with Crippen molar-refractivity contribution in [3.05, 3.63) is 54.4 Å². The van der Waals surface area contributed by atoms with E-state index >= 15 is 0 Å². The SMILES string of the molecule is CN(C)c1ccc(S(=O)(=O)N2CCC(C(=O)NCc3ccccn3)CC2)cc1. The van der Waals surface area contributed by atoms with E-state index in [9.17, 15) is 13.2 Å². The summed E-state index contributed by atoms with van der Waals surface area (Å²) in [6.07, 6.45) is 2.72. The molecule has 0 bridgehead atoms. The van der Waals surface area contributed by atoms with Gasteiger partial charge >= 0.3 is 0 Å².